The summed E-state index contributed by atoms with van der Waals surface area (Å²) in [6, 6.07) is 0. The first kappa shape index (κ1) is 10.8. The molecule has 1 atom stereocenters. The van der Waals surface area contributed by atoms with Gasteiger partial charge in [0.15, 0.2) is 5.65 Å². The molecule has 0 saturated heterocycles. The predicted octanol–water partition coefficient (Wildman–Crippen LogP) is 1.95. The van der Waals surface area contributed by atoms with Crippen LogP contribution in [0.1, 0.15) is 25.5 Å². The largest absolute Gasteiger partial charge is 0.610 e. The van der Waals surface area contributed by atoms with Crippen LogP contribution in [0.15, 0.2) is 10.7 Å². The van der Waals surface area contributed by atoms with Gasteiger partial charge in [0.2, 0.25) is 0 Å². The molecule has 0 radical (unpaired) electrons. The lowest BCUT2D eigenvalue weighted by Crippen LogP contribution is -1.95. The van der Waals surface area contributed by atoms with Crippen molar-refractivity contribution in [3.8, 4) is 0 Å². The highest BCUT2D eigenvalue weighted by Crippen LogP contribution is 2.29. The van der Waals surface area contributed by atoms with Gasteiger partial charge in [0.1, 0.15) is 17.3 Å². The molecule has 0 aliphatic heterocycles. The minimum absolute atomic E-state index is 0.328. The van der Waals surface area contributed by atoms with Gasteiger partial charge in [-0.2, -0.15) is 4.98 Å². The standard InChI is InChI=1S/C9H11N3OS2/c1-5(2)6-7-8(11-4-10-6)12-9(14-7)15(3)13/h4-5H,1-3H3. The molecule has 1 unspecified atom stereocenters. The Morgan fingerprint density at radius 3 is 2.73 bits per heavy atom. The Hall–Kier alpha value is -0.720. The van der Waals surface area contributed by atoms with Gasteiger partial charge in [0.05, 0.1) is 5.69 Å². The van der Waals surface area contributed by atoms with Crippen LogP contribution in [-0.4, -0.2) is 25.8 Å². The summed E-state index contributed by atoms with van der Waals surface area (Å²) in [7, 11) is 0. The van der Waals surface area contributed by atoms with Gasteiger partial charge >= 0.3 is 4.34 Å². The highest BCUT2D eigenvalue weighted by atomic mass is 32.2. The lowest BCUT2D eigenvalue weighted by atomic mass is 10.1. The Morgan fingerprint density at radius 2 is 2.13 bits per heavy atom. The van der Waals surface area contributed by atoms with Crippen molar-refractivity contribution in [3.63, 3.8) is 0 Å². The summed E-state index contributed by atoms with van der Waals surface area (Å²) in [5, 5.41) is 0. The first-order chi connectivity index (χ1) is 7.09. The summed E-state index contributed by atoms with van der Waals surface area (Å²) in [6.45, 7) is 4.15. The molecule has 0 spiro atoms. The number of nitrogens with zero attached hydrogens (tertiary/aromatic N) is 3. The lowest BCUT2D eigenvalue weighted by molar-refractivity contribution is 0.600. The van der Waals surface area contributed by atoms with E-state index in [-0.39, 0.29) is 0 Å². The zero-order valence-electron chi connectivity index (χ0n) is 8.72. The number of fused-ring (bicyclic) bond motifs is 1. The minimum atomic E-state index is -1.04. The molecular weight excluding hydrogens is 230 g/mol. The summed E-state index contributed by atoms with van der Waals surface area (Å²) in [5.74, 6) is 0.328. The number of hydrogen-bond acceptors (Lipinski definition) is 5. The SMILES string of the molecule is CC(C)c1ncnc2nc([S+](C)[O-])sc12. The smallest absolute Gasteiger partial charge is 0.303 e. The molecule has 0 fully saturated rings. The molecular formula is C9H11N3OS2. The van der Waals surface area contributed by atoms with Crippen molar-refractivity contribution in [3.05, 3.63) is 12.0 Å². The lowest BCUT2D eigenvalue weighted by Gasteiger charge is -2.02. The van der Waals surface area contributed by atoms with E-state index in [9.17, 15) is 4.55 Å². The molecule has 15 heavy (non-hydrogen) atoms. The van der Waals surface area contributed by atoms with Crippen LogP contribution in [0.4, 0.5) is 0 Å². The van der Waals surface area contributed by atoms with Crippen LogP contribution in [0.2, 0.25) is 0 Å². The van der Waals surface area contributed by atoms with Crippen molar-refractivity contribution in [2.75, 3.05) is 6.26 Å². The third kappa shape index (κ3) is 1.97. The molecule has 80 valence electrons. The third-order valence-corrected chi connectivity index (χ3v) is 4.39. The summed E-state index contributed by atoms with van der Waals surface area (Å²) in [6.07, 6.45) is 3.14. The monoisotopic (exact) mass is 241 g/mol. The van der Waals surface area contributed by atoms with E-state index in [0.29, 0.717) is 15.9 Å². The van der Waals surface area contributed by atoms with E-state index in [1.54, 1.807) is 6.26 Å². The van der Waals surface area contributed by atoms with Crippen LogP contribution in [0, 0.1) is 0 Å². The fourth-order valence-corrected chi connectivity index (χ4v) is 3.11. The van der Waals surface area contributed by atoms with Crippen molar-refractivity contribution < 1.29 is 4.55 Å². The fraction of sp³-hybridized carbons (Fsp3) is 0.444. The molecule has 0 bridgehead atoms. The van der Waals surface area contributed by atoms with Crippen molar-refractivity contribution in [2.45, 2.75) is 24.1 Å². The topological polar surface area (TPSA) is 61.7 Å². The van der Waals surface area contributed by atoms with E-state index in [2.05, 4.69) is 28.8 Å². The van der Waals surface area contributed by atoms with Crippen LogP contribution in [0.5, 0.6) is 0 Å². The number of hydrogen-bond donors (Lipinski definition) is 0. The molecule has 2 aromatic heterocycles. The van der Waals surface area contributed by atoms with Crippen LogP contribution in [0.25, 0.3) is 10.3 Å². The van der Waals surface area contributed by atoms with Crippen molar-refractivity contribution in [2.24, 2.45) is 0 Å². The van der Waals surface area contributed by atoms with E-state index in [1.807, 2.05) is 0 Å². The number of thiazole rings is 1. The Kier molecular flexibility index (Phi) is 2.90. The normalized spacial score (nSPS) is 13.7. The number of rotatable bonds is 2. The van der Waals surface area contributed by atoms with Crippen LogP contribution in [-0.2, 0) is 11.2 Å². The Balaban J connectivity index is 2.64. The van der Waals surface area contributed by atoms with Gasteiger partial charge in [-0.05, 0) is 5.92 Å². The molecule has 0 N–H and O–H groups in total. The Labute approximate surface area is 95.0 Å². The number of aromatic nitrogens is 3. The summed E-state index contributed by atoms with van der Waals surface area (Å²) < 4.78 is 12.9. The molecule has 4 nitrogen and oxygen atoms in total. The molecule has 2 rings (SSSR count). The fourth-order valence-electron chi connectivity index (χ4n) is 1.29. The highest BCUT2D eigenvalue weighted by molar-refractivity contribution is 7.92. The molecule has 0 aliphatic rings. The van der Waals surface area contributed by atoms with Gasteiger partial charge in [0.25, 0.3) is 0 Å². The van der Waals surface area contributed by atoms with E-state index >= 15 is 0 Å². The molecule has 0 aromatic carbocycles. The maximum absolute atomic E-state index is 11.3. The van der Waals surface area contributed by atoms with Gasteiger partial charge in [-0.3, -0.25) is 0 Å². The van der Waals surface area contributed by atoms with Crippen molar-refractivity contribution in [1.29, 1.82) is 0 Å². The van der Waals surface area contributed by atoms with E-state index in [4.69, 9.17) is 0 Å². The first-order valence-corrected chi connectivity index (χ1v) is 6.92. The Bertz CT molecular complexity index is 481. The van der Waals surface area contributed by atoms with Crippen molar-refractivity contribution >= 4 is 32.9 Å². The molecule has 0 aliphatic carbocycles. The summed E-state index contributed by atoms with van der Waals surface area (Å²) in [4.78, 5) is 12.5. The van der Waals surface area contributed by atoms with E-state index in [0.717, 1.165) is 10.4 Å². The van der Waals surface area contributed by atoms with Crippen LogP contribution >= 0.6 is 11.3 Å². The van der Waals surface area contributed by atoms with Gasteiger partial charge in [-0.15, -0.1) is 0 Å². The minimum Gasteiger partial charge on any atom is -0.610 e. The predicted molar refractivity (Wildman–Crippen MR) is 61.6 cm³/mol. The second-order valence-corrected chi connectivity index (χ2v) is 6.05. The van der Waals surface area contributed by atoms with Crippen LogP contribution in [0.3, 0.4) is 0 Å². The van der Waals surface area contributed by atoms with Crippen LogP contribution < -0.4 is 0 Å². The highest BCUT2D eigenvalue weighted by Gasteiger charge is 2.17. The molecule has 0 saturated carbocycles. The summed E-state index contributed by atoms with van der Waals surface area (Å²) in [5.41, 5.74) is 1.64. The van der Waals surface area contributed by atoms with E-state index in [1.165, 1.54) is 17.7 Å². The summed E-state index contributed by atoms with van der Waals surface area (Å²) >= 11 is 0.381. The van der Waals surface area contributed by atoms with Crippen molar-refractivity contribution in [1.82, 2.24) is 15.0 Å². The van der Waals surface area contributed by atoms with Gasteiger partial charge < -0.3 is 4.55 Å². The Morgan fingerprint density at radius 1 is 1.40 bits per heavy atom. The maximum Gasteiger partial charge on any atom is 0.303 e. The van der Waals surface area contributed by atoms with E-state index < -0.39 is 11.2 Å². The molecule has 0 amide bonds. The molecule has 2 aromatic rings. The first-order valence-electron chi connectivity index (χ1n) is 4.54. The average molecular weight is 241 g/mol. The third-order valence-electron chi connectivity index (χ3n) is 1.99. The second kappa shape index (κ2) is 4.03. The molecule has 6 heteroatoms. The maximum atomic E-state index is 11.3. The van der Waals surface area contributed by atoms with Gasteiger partial charge in [0, 0.05) is 11.2 Å². The zero-order chi connectivity index (χ0) is 11.0. The zero-order valence-corrected chi connectivity index (χ0v) is 10.4. The van der Waals surface area contributed by atoms with Gasteiger partial charge in [-0.25, -0.2) is 9.97 Å². The van der Waals surface area contributed by atoms with Gasteiger partial charge in [-0.1, -0.05) is 25.2 Å². The second-order valence-electron chi connectivity index (χ2n) is 3.50. The quantitative estimate of drug-likeness (QED) is 0.754. The molecule has 2 heterocycles. The average Bonchev–Trinajstić information content (AvgIpc) is 2.60.